The van der Waals surface area contributed by atoms with Gasteiger partial charge in [0.2, 0.25) is 0 Å². The molecule has 2 nitrogen and oxygen atoms in total. The van der Waals surface area contributed by atoms with Crippen molar-refractivity contribution in [3.8, 4) is 44.8 Å². The molecule has 2 aromatic heterocycles. The Morgan fingerprint density at radius 2 is 0.762 bits per heavy atom. The summed E-state index contributed by atoms with van der Waals surface area (Å²) >= 11 is 0. The largest absolute Gasteiger partial charge is 0.309 e. The van der Waals surface area contributed by atoms with Crippen LogP contribution in [0.1, 0.15) is 22.3 Å². The van der Waals surface area contributed by atoms with Crippen molar-refractivity contribution in [3.63, 3.8) is 0 Å². The predicted octanol–water partition coefficient (Wildman–Crippen LogP) is 15.6. The second kappa shape index (κ2) is 13.9. The third kappa shape index (κ3) is 5.19. The van der Waals surface area contributed by atoms with Crippen LogP contribution in [-0.4, -0.2) is 9.13 Å². The normalized spacial score (nSPS) is 12.9. The molecule has 63 heavy (non-hydrogen) atoms. The van der Waals surface area contributed by atoms with E-state index in [9.17, 15) is 0 Å². The molecular formula is C61H40N2. The van der Waals surface area contributed by atoms with E-state index in [1.54, 1.807) is 0 Å². The van der Waals surface area contributed by atoms with E-state index in [0.717, 1.165) is 11.4 Å². The molecule has 0 radical (unpaired) electrons. The molecule has 0 saturated carbocycles. The van der Waals surface area contributed by atoms with E-state index < -0.39 is 5.41 Å². The minimum Gasteiger partial charge on any atom is -0.309 e. The van der Waals surface area contributed by atoms with Gasteiger partial charge < -0.3 is 9.13 Å². The SMILES string of the molecule is c1ccc(-c2ccc(-n3c4ccccc4c4cc(-c5ccc6c(c5)c5c7c(ccc5n6-c5ccccc5)-c5ccccc5C7(c5ccccc5)c5ccccc5)ccc43)cc2)cc1. The molecule has 0 aliphatic heterocycles. The lowest BCUT2D eigenvalue weighted by Gasteiger charge is -2.34. The number of para-hydroxylation sites is 2. The van der Waals surface area contributed by atoms with Gasteiger partial charge in [0.05, 0.1) is 27.5 Å². The molecule has 0 spiro atoms. The molecule has 2 heteroatoms. The standard InChI is InChI=1S/C61H40N2/c1-5-17-41(18-6-1)42-29-33-48(34-30-42)62-55-28-16-14-26-50(55)52-39-43(31-36-56(52)62)44-32-37-57-53(40-44)59-58(63(57)47-23-11-4-12-24-47)38-35-51-49-25-13-15-27-54(49)61(60(51)59,45-19-7-2-8-20-45)46-21-9-3-10-22-46/h1-40H. The molecule has 0 atom stereocenters. The molecule has 1 aliphatic carbocycles. The van der Waals surface area contributed by atoms with Crippen LogP contribution in [0.3, 0.4) is 0 Å². The maximum Gasteiger partial charge on any atom is 0.0720 e. The van der Waals surface area contributed by atoms with E-state index in [1.807, 2.05) is 0 Å². The molecule has 2 heterocycles. The highest BCUT2D eigenvalue weighted by atomic mass is 15.0. The zero-order valence-electron chi connectivity index (χ0n) is 34.5. The second-order valence-electron chi connectivity index (χ2n) is 16.8. The van der Waals surface area contributed by atoms with E-state index >= 15 is 0 Å². The van der Waals surface area contributed by atoms with Crippen LogP contribution in [0.15, 0.2) is 243 Å². The van der Waals surface area contributed by atoms with Crippen LogP contribution in [0.5, 0.6) is 0 Å². The minimum absolute atomic E-state index is 0.542. The molecule has 10 aromatic carbocycles. The summed E-state index contributed by atoms with van der Waals surface area (Å²) in [5, 5.41) is 5.02. The first kappa shape index (κ1) is 35.5. The molecule has 0 amide bonds. The molecule has 294 valence electrons. The Morgan fingerprint density at radius 1 is 0.286 bits per heavy atom. The zero-order chi connectivity index (χ0) is 41.5. The summed E-state index contributed by atoms with van der Waals surface area (Å²) < 4.78 is 4.88. The average Bonchev–Trinajstić information content (AvgIpc) is 3.99. The third-order valence-corrected chi connectivity index (χ3v) is 13.6. The average molecular weight is 801 g/mol. The van der Waals surface area contributed by atoms with Crippen LogP contribution < -0.4 is 0 Å². The Morgan fingerprint density at radius 3 is 1.46 bits per heavy atom. The van der Waals surface area contributed by atoms with Crippen molar-refractivity contribution in [2.24, 2.45) is 0 Å². The fraction of sp³-hybridized carbons (Fsp3) is 0.0164. The lowest BCUT2D eigenvalue weighted by atomic mass is 9.67. The van der Waals surface area contributed by atoms with E-state index in [4.69, 9.17) is 0 Å². The summed E-state index contributed by atoms with van der Waals surface area (Å²) in [5.41, 5.74) is 19.1. The molecule has 0 saturated heterocycles. The van der Waals surface area contributed by atoms with E-state index in [2.05, 4.69) is 252 Å². The molecule has 12 aromatic rings. The van der Waals surface area contributed by atoms with Crippen LogP contribution in [0.4, 0.5) is 0 Å². The lowest BCUT2D eigenvalue weighted by molar-refractivity contribution is 0.776. The van der Waals surface area contributed by atoms with Gasteiger partial charge in [-0.05, 0) is 116 Å². The summed E-state index contributed by atoms with van der Waals surface area (Å²) in [4.78, 5) is 0. The first-order valence-electron chi connectivity index (χ1n) is 21.8. The van der Waals surface area contributed by atoms with Gasteiger partial charge in [0.25, 0.3) is 0 Å². The van der Waals surface area contributed by atoms with Gasteiger partial charge in [-0.1, -0.05) is 182 Å². The fourth-order valence-electron chi connectivity index (χ4n) is 10.9. The molecular weight excluding hydrogens is 761 g/mol. The van der Waals surface area contributed by atoms with Crippen molar-refractivity contribution in [1.82, 2.24) is 9.13 Å². The van der Waals surface area contributed by atoms with E-state index in [0.29, 0.717) is 0 Å². The fourth-order valence-corrected chi connectivity index (χ4v) is 10.9. The van der Waals surface area contributed by atoms with Crippen molar-refractivity contribution in [2.75, 3.05) is 0 Å². The molecule has 0 N–H and O–H groups in total. The minimum atomic E-state index is -0.542. The van der Waals surface area contributed by atoms with Crippen molar-refractivity contribution in [3.05, 3.63) is 265 Å². The summed E-state index contributed by atoms with van der Waals surface area (Å²) in [5.74, 6) is 0. The van der Waals surface area contributed by atoms with Crippen LogP contribution in [-0.2, 0) is 5.41 Å². The summed E-state index contributed by atoms with van der Waals surface area (Å²) in [6.07, 6.45) is 0. The first-order valence-corrected chi connectivity index (χ1v) is 21.8. The maximum absolute atomic E-state index is 2.47. The van der Waals surface area contributed by atoms with Crippen LogP contribution >= 0.6 is 0 Å². The van der Waals surface area contributed by atoms with Gasteiger partial charge >= 0.3 is 0 Å². The topological polar surface area (TPSA) is 9.86 Å². The number of rotatable bonds is 6. The van der Waals surface area contributed by atoms with Gasteiger partial charge in [-0.25, -0.2) is 0 Å². The van der Waals surface area contributed by atoms with Gasteiger partial charge in [-0.2, -0.15) is 0 Å². The number of nitrogens with zero attached hydrogens (tertiary/aromatic N) is 2. The molecule has 0 fully saturated rings. The van der Waals surface area contributed by atoms with Gasteiger partial charge in [0, 0.05) is 32.9 Å². The summed E-state index contributed by atoms with van der Waals surface area (Å²) in [6, 6.07) is 89.5. The number of hydrogen-bond acceptors (Lipinski definition) is 0. The van der Waals surface area contributed by atoms with Crippen LogP contribution in [0, 0.1) is 0 Å². The summed E-state index contributed by atoms with van der Waals surface area (Å²) in [6.45, 7) is 0. The van der Waals surface area contributed by atoms with E-state index in [1.165, 1.54) is 99.2 Å². The molecule has 1 aliphatic rings. The smallest absolute Gasteiger partial charge is 0.0720 e. The Kier molecular flexibility index (Phi) is 7.85. The predicted molar refractivity (Wildman–Crippen MR) is 263 cm³/mol. The highest BCUT2D eigenvalue weighted by Crippen LogP contribution is 2.59. The van der Waals surface area contributed by atoms with Crippen molar-refractivity contribution >= 4 is 43.6 Å². The lowest BCUT2D eigenvalue weighted by Crippen LogP contribution is -2.28. The number of hydrogen-bond donors (Lipinski definition) is 0. The molecule has 0 bridgehead atoms. The molecule has 0 unspecified atom stereocenters. The Balaban J connectivity index is 1.07. The summed E-state index contributed by atoms with van der Waals surface area (Å²) in [7, 11) is 0. The third-order valence-electron chi connectivity index (χ3n) is 13.6. The van der Waals surface area contributed by atoms with Crippen molar-refractivity contribution in [1.29, 1.82) is 0 Å². The van der Waals surface area contributed by atoms with Crippen molar-refractivity contribution < 1.29 is 0 Å². The quantitative estimate of drug-likeness (QED) is 0.159. The van der Waals surface area contributed by atoms with E-state index in [-0.39, 0.29) is 0 Å². The van der Waals surface area contributed by atoms with Gasteiger partial charge in [0.1, 0.15) is 0 Å². The van der Waals surface area contributed by atoms with Gasteiger partial charge in [0.15, 0.2) is 0 Å². The highest BCUT2D eigenvalue weighted by molar-refractivity contribution is 6.17. The maximum atomic E-state index is 2.47. The Hall–Kier alpha value is -8.20. The monoisotopic (exact) mass is 800 g/mol. The van der Waals surface area contributed by atoms with Gasteiger partial charge in [-0.15, -0.1) is 0 Å². The van der Waals surface area contributed by atoms with Crippen LogP contribution in [0.2, 0.25) is 0 Å². The first-order chi connectivity index (χ1) is 31.3. The number of fused-ring (bicyclic) bond motifs is 10. The Labute approximate surface area is 366 Å². The highest BCUT2D eigenvalue weighted by Gasteiger charge is 2.47. The number of aromatic nitrogens is 2. The van der Waals surface area contributed by atoms with Gasteiger partial charge in [-0.3, -0.25) is 0 Å². The zero-order valence-corrected chi connectivity index (χ0v) is 34.5. The van der Waals surface area contributed by atoms with Crippen molar-refractivity contribution in [2.45, 2.75) is 5.41 Å². The second-order valence-corrected chi connectivity index (χ2v) is 16.8. The molecule has 13 rings (SSSR count). The Bertz CT molecular complexity index is 3650. The number of benzene rings is 10. The van der Waals surface area contributed by atoms with Crippen LogP contribution in [0.25, 0.3) is 88.4 Å².